The minimum atomic E-state index is -0.701. The zero-order valence-electron chi connectivity index (χ0n) is 18.9. The Labute approximate surface area is 189 Å². The van der Waals surface area contributed by atoms with Gasteiger partial charge < -0.3 is 20.9 Å². The van der Waals surface area contributed by atoms with Gasteiger partial charge in [-0.15, -0.1) is 0 Å². The summed E-state index contributed by atoms with van der Waals surface area (Å²) in [6, 6.07) is 0. The highest BCUT2D eigenvalue weighted by atomic mass is 16.2. The van der Waals surface area contributed by atoms with Crippen molar-refractivity contribution in [2.24, 2.45) is 0 Å². The number of hydrogen-bond acceptors (Lipinski definition) is 6. The number of anilines is 2. The van der Waals surface area contributed by atoms with Gasteiger partial charge in [-0.2, -0.15) is 5.10 Å². The Morgan fingerprint density at radius 3 is 2.59 bits per heavy atom. The van der Waals surface area contributed by atoms with Crippen molar-refractivity contribution in [3.8, 4) is 0 Å². The van der Waals surface area contributed by atoms with Crippen LogP contribution in [-0.4, -0.2) is 63.0 Å². The predicted molar refractivity (Wildman–Crippen MR) is 129 cm³/mol. The van der Waals surface area contributed by atoms with Gasteiger partial charge in [0, 0.05) is 31.9 Å². The summed E-state index contributed by atoms with van der Waals surface area (Å²) in [7, 11) is 0. The second-order valence-electron chi connectivity index (χ2n) is 7.28. The predicted octanol–water partition coefficient (Wildman–Crippen LogP) is 3.08. The number of aromatic amines is 1. The first-order valence-corrected chi connectivity index (χ1v) is 10.8. The average molecular weight is 440 g/mol. The SMILES string of the molecule is C=C/C=C(\C=C)N1CCCC1.CCCN(CC)C(=O)C(=O)Nc1cnc(N)c2cn[nH]c12. The quantitative estimate of drug-likeness (QED) is 0.450. The van der Waals surface area contributed by atoms with Crippen LogP contribution in [0.2, 0.25) is 0 Å². The second-order valence-corrected chi connectivity index (χ2v) is 7.28. The summed E-state index contributed by atoms with van der Waals surface area (Å²) in [6.07, 6.45) is 12.0. The first-order valence-electron chi connectivity index (χ1n) is 10.8. The molecule has 1 fully saturated rings. The van der Waals surface area contributed by atoms with Crippen molar-refractivity contribution in [2.75, 3.05) is 37.2 Å². The molecule has 0 aromatic carbocycles. The molecule has 0 bridgehead atoms. The maximum Gasteiger partial charge on any atom is 0.314 e. The van der Waals surface area contributed by atoms with E-state index in [1.54, 1.807) is 0 Å². The molecule has 0 unspecified atom stereocenters. The fourth-order valence-corrected chi connectivity index (χ4v) is 3.44. The Hall–Kier alpha value is -3.62. The molecule has 0 aliphatic carbocycles. The van der Waals surface area contributed by atoms with Crippen molar-refractivity contribution >= 4 is 34.2 Å². The smallest absolute Gasteiger partial charge is 0.314 e. The van der Waals surface area contributed by atoms with Gasteiger partial charge in [0.2, 0.25) is 0 Å². The molecule has 2 aromatic heterocycles. The van der Waals surface area contributed by atoms with Gasteiger partial charge in [0.05, 0.1) is 29.0 Å². The van der Waals surface area contributed by atoms with E-state index in [1.807, 2.05) is 32.1 Å². The number of likely N-dealkylation sites (N-methyl/N-ethyl adjacent to an activating group) is 1. The standard InChI is InChI=1S/C13H18N6O2.C10H15N/c1-3-5-19(4-2)13(21)12(20)17-9-7-15-11(14)8-6-16-18-10(8)9;1-3-7-10(4-2)11-8-5-6-9-11/h6-7H,3-5H2,1-2H3,(H2,14,15)(H,16,18)(H,17,20);3-4,7H,1-2,5-6,8-9H2/b;10-7+. The van der Waals surface area contributed by atoms with E-state index in [0.717, 1.165) is 6.42 Å². The molecule has 2 amide bonds. The maximum atomic E-state index is 12.1. The van der Waals surface area contributed by atoms with Gasteiger partial charge in [-0.05, 0) is 38.3 Å². The fourth-order valence-electron chi connectivity index (χ4n) is 3.44. The fraction of sp³-hybridized carbons (Fsp3) is 0.391. The van der Waals surface area contributed by atoms with Gasteiger partial charge in [-0.25, -0.2) is 4.98 Å². The first-order chi connectivity index (χ1) is 15.5. The lowest BCUT2D eigenvalue weighted by molar-refractivity contribution is -0.143. The van der Waals surface area contributed by atoms with Crippen LogP contribution in [0.5, 0.6) is 0 Å². The number of nitrogen functional groups attached to an aromatic ring is 1. The van der Waals surface area contributed by atoms with Crippen LogP contribution in [-0.2, 0) is 9.59 Å². The molecule has 9 heteroatoms. The van der Waals surface area contributed by atoms with E-state index in [1.165, 1.54) is 48.9 Å². The number of rotatable bonds is 7. The van der Waals surface area contributed by atoms with Crippen molar-refractivity contribution in [1.29, 1.82) is 0 Å². The van der Waals surface area contributed by atoms with Crippen molar-refractivity contribution in [3.63, 3.8) is 0 Å². The summed E-state index contributed by atoms with van der Waals surface area (Å²) in [5.41, 5.74) is 7.84. The van der Waals surface area contributed by atoms with Crippen LogP contribution in [0.15, 0.2) is 49.5 Å². The van der Waals surface area contributed by atoms with Gasteiger partial charge in [0.15, 0.2) is 0 Å². The molecule has 4 N–H and O–H groups in total. The van der Waals surface area contributed by atoms with Crippen molar-refractivity contribution in [2.45, 2.75) is 33.1 Å². The zero-order chi connectivity index (χ0) is 23.5. The lowest BCUT2D eigenvalue weighted by Crippen LogP contribution is -2.40. The number of nitrogens with zero attached hydrogens (tertiary/aromatic N) is 4. The highest BCUT2D eigenvalue weighted by Crippen LogP contribution is 2.23. The monoisotopic (exact) mass is 439 g/mol. The van der Waals surface area contributed by atoms with Crippen LogP contribution in [0, 0.1) is 0 Å². The molecule has 32 heavy (non-hydrogen) atoms. The van der Waals surface area contributed by atoms with Gasteiger partial charge >= 0.3 is 11.8 Å². The van der Waals surface area contributed by atoms with E-state index in [2.05, 4.69) is 38.6 Å². The average Bonchev–Trinajstić information content (AvgIpc) is 3.50. The Kier molecular flexibility index (Phi) is 9.46. The Morgan fingerprint density at radius 2 is 2.00 bits per heavy atom. The number of hydrogen-bond donors (Lipinski definition) is 3. The molecule has 0 radical (unpaired) electrons. The molecular weight excluding hydrogens is 406 g/mol. The number of carbonyl (C=O) groups excluding carboxylic acids is 2. The maximum absolute atomic E-state index is 12.1. The topological polar surface area (TPSA) is 120 Å². The summed E-state index contributed by atoms with van der Waals surface area (Å²) in [6.45, 7) is 14.6. The number of carbonyl (C=O) groups is 2. The molecule has 3 rings (SSSR count). The van der Waals surface area contributed by atoms with E-state index >= 15 is 0 Å². The minimum Gasteiger partial charge on any atom is -0.383 e. The van der Waals surface area contributed by atoms with Crippen LogP contribution in [0.1, 0.15) is 33.1 Å². The lowest BCUT2D eigenvalue weighted by atomic mass is 10.2. The molecular formula is C23H33N7O2. The highest BCUT2D eigenvalue weighted by Gasteiger charge is 2.21. The molecule has 0 saturated carbocycles. The molecule has 1 saturated heterocycles. The summed E-state index contributed by atoms with van der Waals surface area (Å²) >= 11 is 0. The molecule has 0 spiro atoms. The lowest BCUT2D eigenvalue weighted by Gasteiger charge is -2.19. The molecule has 9 nitrogen and oxygen atoms in total. The zero-order valence-corrected chi connectivity index (χ0v) is 18.9. The largest absolute Gasteiger partial charge is 0.383 e. The Balaban J connectivity index is 0.000000278. The van der Waals surface area contributed by atoms with E-state index in [4.69, 9.17) is 5.73 Å². The van der Waals surface area contributed by atoms with Crippen molar-refractivity contribution in [1.82, 2.24) is 25.0 Å². The van der Waals surface area contributed by atoms with Crippen LogP contribution in [0.3, 0.4) is 0 Å². The molecule has 172 valence electrons. The van der Waals surface area contributed by atoms with E-state index in [9.17, 15) is 9.59 Å². The first kappa shape index (κ1) is 24.6. The van der Waals surface area contributed by atoms with E-state index in [-0.39, 0.29) is 0 Å². The summed E-state index contributed by atoms with van der Waals surface area (Å²) in [4.78, 5) is 31.9. The van der Waals surface area contributed by atoms with Crippen LogP contribution in [0.25, 0.3) is 10.9 Å². The third kappa shape index (κ3) is 6.19. The van der Waals surface area contributed by atoms with Crippen molar-refractivity contribution in [3.05, 3.63) is 49.5 Å². The summed E-state index contributed by atoms with van der Waals surface area (Å²) in [5, 5.41) is 9.75. The number of amides is 2. The van der Waals surface area contributed by atoms with Gasteiger partial charge in [-0.3, -0.25) is 14.7 Å². The van der Waals surface area contributed by atoms with E-state index in [0.29, 0.717) is 35.5 Å². The third-order valence-corrected chi connectivity index (χ3v) is 5.09. The van der Waals surface area contributed by atoms with Crippen LogP contribution >= 0.6 is 0 Å². The Morgan fingerprint density at radius 1 is 1.28 bits per heavy atom. The van der Waals surface area contributed by atoms with Crippen LogP contribution < -0.4 is 11.1 Å². The van der Waals surface area contributed by atoms with Crippen LogP contribution in [0.4, 0.5) is 11.5 Å². The number of nitrogens with two attached hydrogens (primary N) is 1. The van der Waals surface area contributed by atoms with Crippen molar-refractivity contribution < 1.29 is 9.59 Å². The number of likely N-dealkylation sites (tertiary alicyclic amines) is 1. The second kappa shape index (κ2) is 12.3. The molecule has 1 aliphatic rings. The Bertz CT molecular complexity index is 974. The van der Waals surface area contributed by atoms with Gasteiger partial charge in [-0.1, -0.05) is 26.2 Å². The van der Waals surface area contributed by atoms with E-state index < -0.39 is 11.8 Å². The van der Waals surface area contributed by atoms with Gasteiger partial charge in [0.1, 0.15) is 5.82 Å². The minimum absolute atomic E-state index is 0.309. The number of aromatic nitrogens is 3. The molecule has 3 heterocycles. The highest BCUT2D eigenvalue weighted by molar-refractivity contribution is 6.40. The summed E-state index contributed by atoms with van der Waals surface area (Å²) in [5.74, 6) is -0.958. The number of allylic oxidation sites excluding steroid dienone is 3. The molecule has 0 atom stereocenters. The summed E-state index contributed by atoms with van der Waals surface area (Å²) < 4.78 is 0. The number of pyridine rings is 1. The third-order valence-electron chi connectivity index (χ3n) is 5.09. The molecule has 1 aliphatic heterocycles. The van der Waals surface area contributed by atoms with Gasteiger partial charge in [0.25, 0.3) is 0 Å². The number of fused-ring (bicyclic) bond motifs is 1. The normalized spacial score (nSPS) is 13.3. The number of nitrogens with one attached hydrogen (secondary N) is 2. The number of H-pyrrole nitrogens is 1. The molecule has 2 aromatic rings.